The summed E-state index contributed by atoms with van der Waals surface area (Å²) in [7, 11) is -3.16. The van der Waals surface area contributed by atoms with Crippen LogP contribution in [0.4, 0.5) is 4.79 Å². The van der Waals surface area contributed by atoms with E-state index in [2.05, 4.69) is 10.6 Å². The van der Waals surface area contributed by atoms with E-state index in [4.69, 9.17) is 0 Å². The summed E-state index contributed by atoms with van der Waals surface area (Å²) in [6, 6.07) is -0.508. The van der Waals surface area contributed by atoms with Crippen molar-refractivity contribution in [2.24, 2.45) is 0 Å². The van der Waals surface area contributed by atoms with Crippen LogP contribution in [0.15, 0.2) is 0 Å². The van der Waals surface area contributed by atoms with Gasteiger partial charge in [0, 0.05) is 25.8 Å². The Morgan fingerprint density at radius 2 is 1.90 bits per heavy atom. The Morgan fingerprint density at radius 1 is 1.30 bits per heavy atom. The monoisotopic (exact) mass is 303 g/mol. The Kier molecular flexibility index (Phi) is 3.72. The minimum atomic E-state index is -3.16. The third-order valence-electron chi connectivity index (χ3n) is 3.67. The third kappa shape index (κ3) is 3.09. The van der Waals surface area contributed by atoms with Gasteiger partial charge in [-0.25, -0.2) is 13.2 Å². The average molecular weight is 303 g/mol. The molecule has 8 nitrogen and oxygen atoms in total. The molecule has 0 aliphatic carbocycles. The molecule has 0 aromatic heterocycles. The van der Waals surface area contributed by atoms with Crippen LogP contribution in [0, 0.1) is 0 Å². The normalized spacial score (nSPS) is 21.8. The highest BCUT2D eigenvalue weighted by atomic mass is 32.2. The van der Waals surface area contributed by atoms with Gasteiger partial charge in [0.05, 0.1) is 5.75 Å². The Bertz CT molecular complexity index is 548. The van der Waals surface area contributed by atoms with Crippen molar-refractivity contribution in [1.29, 1.82) is 0 Å². The SMILES string of the molecule is CS(=O)(=O)CCC(=O)N1CCC2(CC1)NC(=O)NC2=O. The van der Waals surface area contributed by atoms with E-state index in [0.29, 0.717) is 25.9 Å². The Labute approximate surface area is 116 Å². The maximum absolute atomic E-state index is 11.9. The van der Waals surface area contributed by atoms with Gasteiger partial charge in [-0.05, 0) is 12.8 Å². The molecule has 2 heterocycles. The predicted molar refractivity (Wildman–Crippen MR) is 69.5 cm³/mol. The fourth-order valence-electron chi connectivity index (χ4n) is 2.45. The van der Waals surface area contributed by atoms with Gasteiger partial charge in [0.1, 0.15) is 15.4 Å². The van der Waals surface area contributed by atoms with Crippen molar-refractivity contribution in [3.63, 3.8) is 0 Å². The van der Waals surface area contributed by atoms with Crippen molar-refractivity contribution in [3.8, 4) is 0 Å². The van der Waals surface area contributed by atoms with E-state index >= 15 is 0 Å². The van der Waals surface area contributed by atoms with Crippen LogP contribution < -0.4 is 10.6 Å². The number of nitrogens with one attached hydrogen (secondary N) is 2. The molecule has 0 atom stereocenters. The van der Waals surface area contributed by atoms with Crippen molar-refractivity contribution >= 4 is 27.7 Å². The molecule has 112 valence electrons. The second-order valence-electron chi connectivity index (χ2n) is 5.25. The molecule has 0 saturated carbocycles. The quantitative estimate of drug-likeness (QED) is 0.624. The summed E-state index contributed by atoms with van der Waals surface area (Å²) >= 11 is 0. The summed E-state index contributed by atoms with van der Waals surface area (Å²) in [5.41, 5.74) is -0.912. The topological polar surface area (TPSA) is 113 Å². The van der Waals surface area contributed by atoms with E-state index in [0.717, 1.165) is 6.26 Å². The lowest BCUT2D eigenvalue weighted by atomic mass is 9.87. The largest absolute Gasteiger partial charge is 0.342 e. The molecular formula is C11H17N3O5S. The highest BCUT2D eigenvalue weighted by molar-refractivity contribution is 7.90. The van der Waals surface area contributed by atoms with E-state index < -0.39 is 21.4 Å². The zero-order valence-electron chi connectivity index (χ0n) is 11.1. The van der Waals surface area contributed by atoms with E-state index in [1.54, 1.807) is 0 Å². The standard InChI is InChI=1S/C11H17N3O5S/c1-20(18,19)7-2-8(15)14-5-3-11(4-6-14)9(16)12-10(17)13-11/h2-7H2,1H3,(H2,12,13,16,17). The molecular weight excluding hydrogens is 286 g/mol. The number of rotatable bonds is 3. The number of imide groups is 1. The van der Waals surface area contributed by atoms with E-state index in [1.165, 1.54) is 4.90 Å². The van der Waals surface area contributed by atoms with Gasteiger partial charge in [-0.15, -0.1) is 0 Å². The van der Waals surface area contributed by atoms with Gasteiger partial charge in [0.2, 0.25) is 5.91 Å². The molecule has 2 rings (SSSR count). The molecule has 0 aromatic carbocycles. The lowest BCUT2D eigenvalue weighted by Crippen LogP contribution is -2.55. The smallest absolute Gasteiger partial charge is 0.322 e. The molecule has 2 aliphatic heterocycles. The highest BCUT2D eigenvalue weighted by Crippen LogP contribution is 2.25. The maximum atomic E-state index is 11.9. The second-order valence-corrected chi connectivity index (χ2v) is 7.51. The Morgan fingerprint density at radius 3 is 2.35 bits per heavy atom. The third-order valence-corrected chi connectivity index (χ3v) is 4.62. The molecule has 1 spiro atoms. The molecule has 4 amide bonds. The Balaban J connectivity index is 1.90. The zero-order chi connectivity index (χ0) is 15.0. The molecule has 0 unspecified atom stereocenters. The van der Waals surface area contributed by atoms with Crippen LogP contribution in [0.1, 0.15) is 19.3 Å². The van der Waals surface area contributed by atoms with E-state index in [1.807, 2.05) is 0 Å². The number of nitrogens with zero attached hydrogens (tertiary/aromatic N) is 1. The fourth-order valence-corrected chi connectivity index (χ4v) is 2.99. The summed E-state index contributed by atoms with van der Waals surface area (Å²) in [4.78, 5) is 36.3. The molecule has 0 aromatic rings. The number of amides is 4. The van der Waals surface area contributed by atoms with Crippen molar-refractivity contribution in [1.82, 2.24) is 15.5 Å². The first-order valence-corrected chi connectivity index (χ1v) is 8.37. The lowest BCUT2D eigenvalue weighted by molar-refractivity contribution is -0.135. The number of urea groups is 1. The summed E-state index contributed by atoms with van der Waals surface area (Å²) in [6.07, 6.45) is 1.72. The number of carbonyl (C=O) groups is 3. The van der Waals surface area contributed by atoms with Crippen molar-refractivity contribution < 1.29 is 22.8 Å². The van der Waals surface area contributed by atoms with E-state index in [9.17, 15) is 22.8 Å². The van der Waals surface area contributed by atoms with Crippen LogP contribution in [0.2, 0.25) is 0 Å². The summed E-state index contributed by atoms with van der Waals surface area (Å²) in [6.45, 7) is 0.659. The van der Waals surface area contributed by atoms with Gasteiger partial charge in [0.15, 0.2) is 0 Å². The minimum absolute atomic E-state index is 0.0512. The van der Waals surface area contributed by atoms with Crippen molar-refractivity contribution in [2.75, 3.05) is 25.1 Å². The van der Waals surface area contributed by atoms with Crippen LogP contribution in [-0.4, -0.2) is 61.8 Å². The molecule has 0 bridgehead atoms. The first-order chi connectivity index (χ1) is 9.22. The van der Waals surface area contributed by atoms with Crippen LogP contribution in [0.25, 0.3) is 0 Å². The number of sulfone groups is 1. The van der Waals surface area contributed by atoms with Crippen LogP contribution in [0.5, 0.6) is 0 Å². The van der Waals surface area contributed by atoms with Gasteiger partial charge in [-0.2, -0.15) is 0 Å². The molecule has 9 heteroatoms. The number of piperidine rings is 1. The highest BCUT2D eigenvalue weighted by Gasteiger charge is 2.48. The minimum Gasteiger partial charge on any atom is -0.342 e. The van der Waals surface area contributed by atoms with Crippen LogP contribution in [0.3, 0.4) is 0 Å². The van der Waals surface area contributed by atoms with Gasteiger partial charge in [0.25, 0.3) is 5.91 Å². The van der Waals surface area contributed by atoms with Gasteiger partial charge >= 0.3 is 6.03 Å². The summed E-state index contributed by atoms with van der Waals surface area (Å²) in [5.74, 6) is -0.772. The molecule has 0 radical (unpaired) electrons. The maximum Gasteiger partial charge on any atom is 0.322 e. The predicted octanol–water partition coefficient (Wildman–Crippen LogP) is -1.38. The first-order valence-electron chi connectivity index (χ1n) is 6.31. The lowest BCUT2D eigenvalue weighted by Gasteiger charge is -2.37. The number of hydrogen-bond donors (Lipinski definition) is 2. The number of carbonyl (C=O) groups excluding carboxylic acids is 3. The van der Waals surface area contributed by atoms with Crippen molar-refractivity contribution in [3.05, 3.63) is 0 Å². The first kappa shape index (κ1) is 14.8. The molecule has 2 saturated heterocycles. The van der Waals surface area contributed by atoms with Gasteiger partial charge in [-0.3, -0.25) is 14.9 Å². The molecule has 20 heavy (non-hydrogen) atoms. The second kappa shape index (κ2) is 5.04. The van der Waals surface area contributed by atoms with Gasteiger partial charge < -0.3 is 10.2 Å². The van der Waals surface area contributed by atoms with Crippen LogP contribution in [-0.2, 0) is 19.4 Å². The average Bonchev–Trinajstić information content (AvgIpc) is 2.61. The number of likely N-dealkylation sites (tertiary alicyclic amines) is 1. The van der Waals surface area contributed by atoms with Crippen LogP contribution >= 0.6 is 0 Å². The zero-order valence-corrected chi connectivity index (χ0v) is 12.0. The Hall–Kier alpha value is -1.64. The van der Waals surface area contributed by atoms with Crippen molar-refractivity contribution in [2.45, 2.75) is 24.8 Å². The number of hydrogen-bond acceptors (Lipinski definition) is 5. The molecule has 2 fully saturated rings. The molecule has 2 N–H and O–H groups in total. The summed E-state index contributed by atoms with van der Waals surface area (Å²) in [5, 5.41) is 4.80. The molecule has 2 aliphatic rings. The fraction of sp³-hybridized carbons (Fsp3) is 0.727. The van der Waals surface area contributed by atoms with Gasteiger partial charge in [-0.1, -0.05) is 0 Å². The van der Waals surface area contributed by atoms with E-state index in [-0.39, 0.29) is 24.0 Å². The summed E-state index contributed by atoms with van der Waals surface area (Å²) < 4.78 is 22.1.